The summed E-state index contributed by atoms with van der Waals surface area (Å²) < 4.78 is 33.3. The highest BCUT2D eigenvalue weighted by Gasteiger charge is 2.22. The van der Waals surface area contributed by atoms with Crippen LogP contribution in [-0.4, -0.2) is 19.2 Å². The van der Waals surface area contributed by atoms with Crippen molar-refractivity contribution in [3.05, 3.63) is 87.9 Å². The van der Waals surface area contributed by atoms with E-state index >= 15 is 0 Å². The van der Waals surface area contributed by atoms with Crippen molar-refractivity contribution in [2.45, 2.75) is 24.8 Å². The van der Waals surface area contributed by atoms with Gasteiger partial charge in [-0.25, -0.2) is 8.42 Å². The summed E-state index contributed by atoms with van der Waals surface area (Å²) in [6, 6.07) is 13.8. The fourth-order valence-electron chi connectivity index (χ4n) is 2.77. The lowest BCUT2D eigenvalue weighted by molar-refractivity contribution is -0.385. The zero-order valence-electron chi connectivity index (χ0n) is 16.2. The smallest absolute Gasteiger partial charge is 0.270 e. The second-order valence-corrected chi connectivity index (χ2v) is 8.23. The number of hydrogen-bond donors (Lipinski definition) is 2. The fraction of sp³-hybridized carbons (Fsp3) is 0.150. The number of aryl methyl sites for hydroxylation is 1. The predicted molar refractivity (Wildman–Crippen MR) is 110 cm³/mol. The summed E-state index contributed by atoms with van der Waals surface area (Å²) in [5.74, 6) is 0.764. The number of nitrogens with one attached hydrogen (secondary N) is 2. The lowest BCUT2D eigenvalue weighted by Crippen LogP contribution is -2.27. The van der Waals surface area contributed by atoms with Crippen LogP contribution in [0.15, 0.2) is 70.0 Å². The van der Waals surface area contributed by atoms with Crippen molar-refractivity contribution in [3.8, 4) is 0 Å². The average molecular weight is 429 g/mol. The van der Waals surface area contributed by atoms with Gasteiger partial charge in [0.25, 0.3) is 21.6 Å². The molecular weight excluding hydrogens is 410 g/mol. The van der Waals surface area contributed by atoms with Crippen LogP contribution in [0.2, 0.25) is 0 Å². The average Bonchev–Trinajstić information content (AvgIpc) is 3.14. The van der Waals surface area contributed by atoms with Gasteiger partial charge in [0.2, 0.25) is 0 Å². The molecule has 2 N–H and O–H groups in total. The summed E-state index contributed by atoms with van der Waals surface area (Å²) in [4.78, 5) is 22.7. The van der Waals surface area contributed by atoms with Gasteiger partial charge < -0.3 is 9.73 Å². The minimum Gasteiger partial charge on any atom is -0.464 e. The van der Waals surface area contributed by atoms with E-state index in [1.54, 1.807) is 38.1 Å². The van der Waals surface area contributed by atoms with Crippen molar-refractivity contribution in [3.63, 3.8) is 0 Å². The Morgan fingerprint density at radius 3 is 2.50 bits per heavy atom. The Hall–Kier alpha value is -3.66. The molecular formula is C20H19N3O6S. The maximum absolute atomic E-state index is 12.7. The number of para-hydroxylation sites is 1. The Kier molecular flexibility index (Phi) is 5.88. The van der Waals surface area contributed by atoms with E-state index in [2.05, 4.69) is 10.0 Å². The SMILES string of the molecule is Cc1ccc(C(C)NC(=O)c2ccccc2NS(=O)(=O)c2cccc([N+](=O)[O-])c2)o1. The lowest BCUT2D eigenvalue weighted by atomic mass is 10.1. The van der Waals surface area contributed by atoms with Crippen molar-refractivity contribution in [2.75, 3.05) is 4.72 Å². The Morgan fingerprint density at radius 1 is 1.10 bits per heavy atom. The van der Waals surface area contributed by atoms with Gasteiger partial charge in [0.1, 0.15) is 11.5 Å². The first kappa shape index (κ1) is 21.1. The number of nitro benzene ring substituents is 1. The molecule has 0 saturated carbocycles. The van der Waals surface area contributed by atoms with Crippen LogP contribution < -0.4 is 10.0 Å². The molecule has 3 rings (SSSR count). The van der Waals surface area contributed by atoms with Crippen LogP contribution in [0.5, 0.6) is 0 Å². The summed E-state index contributed by atoms with van der Waals surface area (Å²) >= 11 is 0. The van der Waals surface area contributed by atoms with Gasteiger partial charge in [-0.2, -0.15) is 0 Å². The number of sulfonamides is 1. The molecule has 1 amide bonds. The van der Waals surface area contributed by atoms with E-state index in [1.165, 1.54) is 30.3 Å². The molecule has 10 heteroatoms. The predicted octanol–water partition coefficient (Wildman–Crippen LogP) is 3.79. The van der Waals surface area contributed by atoms with Gasteiger partial charge >= 0.3 is 0 Å². The molecule has 2 aromatic carbocycles. The summed E-state index contributed by atoms with van der Waals surface area (Å²) in [5.41, 5.74) is -0.211. The van der Waals surface area contributed by atoms with Crippen LogP contribution in [0.4, 0.5) is 11.4 Å². The van der Waals surface area contributed by atoms with E-state index in [0.29, 0.717) is 11.5 Å². The van der Waals surface area contributed by atoms with Crippen molar-refractivity contribution in [1.29, 1.82) is 0 Å². The maximum Gasteiger partial charge on any atom is 0.270 e. The number of benzene rings is 2. The number of carbonyl (C=O) groups is 1. The Morgan fingerprint density at radius 2 is 1.83 bits per heavy atom. The molecule has 0 aliphatic rings. The third-order valence-electron chi connectivity index (χ3n) is 4.29. The Labute approximate surface area is 172 Å². The number of hydrogen-bond acceptors (Lipinski definition) is 6. The van der Waals surface area contributed by atoms with Crippen molar-refractivity contribution >= 4 is 27.3 Å². The van der Waals surface area contributed by atoms with Crippen molar-refractivity contribution in [1.82, 2.24) is 5.32 Å². The number of nitrogens with zero attached hydrogens (tertiary/aromatic N) is 1. The zero-order chi connectivity index (χ0) is 21.9. The van der Waals surface area contributed by atoms with E-state index in [-0.39, 0.29) is 21.8 Å². The summed E-state index contributed by atoms with van der Waals surface area (Å²) in [7, 11) is -4.16. The molecule has 0 bridgehead atoms. The highest BCUT2D eigenvalue weighted by Crippen LogP contribution is 2.24. The zero-order valence-corrected chi connectivity index (χ0v) is 17.0. The molecule has 30 heavy (non-hydrogen) atoms. The molecule has 1 heterocycles. The molecule has 0 aliphatic heterocycles. The quantitative estimate of drug-likeness (QED) is 0.434. The highest BCUT2D eigenvalue weighted by molar-refractivity contribution is 7.92. The molecule has 1 unspecified atom stereocenters. The van der Waals surface area contributed by atoms with Gasteiger partial charge in [-0.05, 0) is 44.2 Å². The van der Waals surface area contributed by atoms with E-state index in [9.17, 15) is 23.3 Å². The van der Waals surface area contributed by atoms with Crippen LogP contribution >= 0.6 is 0 Å². The van der Waals surface area contributed by atoms with E-state index < -0.39 is 26.9 Å². The van der Waals surface area contributed by atoms with Gasteiger partial charge in [-0.15, -0.1) is 0 Å². The number of carbonyl (C=O) groups excluding carboxylic acids is 1. The van der Waals surface area contributed by atoms with Gasteiger partial charge in [-0.1, -0.05) is 18.2 Å². The number of amides is 1. The van der Waals surface area contributed by atoms with Crippen LogP contribution in [0.25, 0.3) is 0 Å². The van der Waals surface area contributed by atoms with E-state index in [0.717, 1.165) is 6.07 Å². The second-order valence-electron chi connectivity index (χ2n) is 6.55. The molecule has 0 spiro atoms. The van der Waals surface area contributed by atoms with Crippen molar-refractivity contribution < 1.29 is 22.6 Å². The largest absolute Gasteiger partial charge is 0.464 e. The molecule has 1 atom stereocenters. The molecule has 0 saturated heterocycles. The molecule has 9 nitrogen and oxygen atoms in total. The third kappa shape index (κ3) is 4.66. The Bertz CT molecular complexity index is 1200. The number of furan rings is 1. The fourth-order valence-corrected chi connectivity index (χ4v) is 3.89. The monoisotopic (exact) mass is 429 g/mol. The van der Waals surface area contributed by atoms with Gasteiger partial charge in [-0.3, -0.25) is 19.6 Å². The van der Waals surface area contributed by atoms with Gasteiger partial charge in [0.15, 0.2) is 0 Å². The third-order valence-corrected chi connectivity index (χ3v) is 5.65. The Balaban J connectivity index is 1.85. The molecule has 0 aliphatic carbocycles. The van der Waals surface area contributed by atoms with Crippen LogP contribution in [0.1, 0.15) is 34.8 Å². The topological polar surface area (TPSA) is 132 Å². The highest BCUT2D eigenvalue weighted by atomic mass is 32.2. The molecule has 1 aromatic heterocycles. The lowest BCUT2D eigenvalue weighted by Gasteiger charge is -2.15. The maximum atomic E-state index is 12.7. The molecule has 0 fully saturated rings. The van der Waals surface area contributed by atoms with Crippen LogP contribution in [-0.2, 0) is 10.0 Å². The standard InChI is InChI=1S/C20H19N3O6S/c1-13-10-11-19(29-13)14(2)21-20(24)17-8-3-4-9-18(17)22-30(27,28)16-7-5-6-15(12-16)23(25)26/h3-12,14,22H,1-2H3,(H,21,24). The number of nitro groups is 1. The molecule has 156 valence electrons. The summed E-state index contributed by atoms with van der Waals surface area (Å²) in [6.07, 6.45) is 0. The summed E-state index contributed by atoms with van der Waals surface area (Å²) in [6.45, 7) is 3.53. The van der Waals surface area contributed by atoms with Crippen LogP contribution in [0, 0.1) is 17.0 Å². The van der Waals surface area contributed by atoms with E-state index in [4.69, 9.17) is 4.42 Å². The minimum absolute atomic E-state index is 0.0457. The first-order valence-corrected chi connectivity index (χ1v) is 10.4. The van der Waals surface area contributed by atoms with Gasteiger partial charge in [0.05, 0.1) is 27.1 Å². The normalized spacial score (nSPS) is 12.2. The number of anilines is 1. The molecule has 3 aromatic rings. The van der Waals surface area contributed by atoms with Gasteiger partial charge in [0, 0.05) is 12.1 Å². The second kappa shape index (κ2) is 8.37. The van der Waals surface area contributed by atoms with Crippen molar-refractivity contribution in [2.24, 2.45) is 0 Å². The minimum atomic E-state index is -4.16. The number of non-ortho nitro benzene ring substituents is 1. The van der Waals surface area contributed by atoms with E-state index in [1.807, 2.05) is 0 Å². The molecule has 0 radical (unpaired) electrons. The summed E-state index contributed by atoms with van der Waals surface area (Å²) in [5, 5.41) is 13.7. The van der Waals surface area contributed by atoms with Crippen LogP contribution in [0.3, 0.4) is 0 Å². The first-order valence-electron chi connectivity index (χ1n) is 8.91. The first-order chi connectivity index (χ1) is 14.2. The number of rotatable bonds is 7.